The Balaban J connectivity index is 2.24. The van der Waals surface area contributed by atoms with Crippen LogP contribution < -0.4 is 4.74 Å². The molecule has 3 heteroatoms. The van der Waals surface area contributed by atoms with Crippen molar-refractivity contribution in [3.8, 4) is 17.0 Å². The van der Waals surface area contributed by atoms with Crippen LogP contribution in [0, 0.1) is 0 Å². The van der Waals surface area contributed by atoms with Gasteiger partial charge in [0.25, 0.3) is 0 Å². The maximum absolute atomic E-state index is 6.07. The Bertz CT molecular complexity index is 741. The Labute approximate surface area is 123 Å². The monoisotopic (exact) mass is 283 g/mol. The summed E-state index contributed by atoms with van der Waals surface area (Å²) in [6.07, 6.45) is 0. The first-order valence-electron chi connectivity index (χ1n) is 6.56. The van der Waals surface area contributed by atoms with Crippen molar-refractivity contribution in [2.45, 2.75) is 6.92 Å². The van der Waals surface area contributed by atoms with Gasteiger partial charge in [-0.25, -0.2) is 4.98 Å². The second kappa shape index (κ2) is 5.51. The highest BCUT2D eigenvalue weighted by Gasteiger charge is 2.08. The van der Waals surface area contributed by atoms with E-state index in [9.17, 15) is 0 Å². The van der Waals surface area contributed by atoms with Crippen molar-refractivity contribution in [1.82, 2.24) is 4.98 Å². The number of nitrogens with zero attached hydrogens (tertiary/aromatic N) is 1. The van der Waals surface area contributed by atoms with Gasteiger partial charge in [-0.05, 0) is 25.1 Å². The summed E-state index contributed by atoms with van der Waals surface area (Å²) < 4.78 is 5.74. The standard InChI is InChI=1S/C17H14ClNO/c1-2-20-17-11-15(12-6-4-3-5-7-12)19-16-10-13(18)8-9-14(16)17/h3-11H,2H2,1H3. The Kier molecular flexibility index (Phi) is 3.57. The van der Waals surface area contributed by atoms with E-state index in [1.165, 1.54) is 0 Å². The van der Waals surface area contributed by atoms with E-state index < -0.39 is 0 Å². The van der Waals surface area contributed by atoms with E-state index in [0.29, 0.717) is 11.6 Å². The molecule has 0 fully saturated rings. The third-order valence-corrected chi connectivity index (χ3v) is 3.34. The molecular formula is C17H14ClNO. The number of hydrogen-bond acceptors (Lipinski definition) is 2. The fourth-order valence-corrected chi connectivity index (χ4v) is 2.37. The largest absolute Gasteiger partial charge is 0.493 e. The van der Waals surface area contributed by atoms with Crippen LogP contribution in [0.5, 0.6) is 5.75 Å². The SMILES string of the molecule is CCOc1cc(-c2ccccc2)nc2cc(Cl)ccc12. The molecule has 2 nitrogen and oxygen atoms in total. The maximum Gasteiger partial charge on any atom is 0.130 e. The highest BCUT2D eigenvalue weighted by molar-refractivity contribution is 6.31. The molecule has 3 aromatic rings. The summed E-state index contributed by atoms with van der Waals surface area (Å²) in [5.74, 6) is 0.841. The quantitative estimate of drug-likeness (QED) is 0.678. The number of benzene rings is 2. The van der Waals surface area contributed by atoms with Crippen LogP contribution in [-0.2, 0) is 0 Å². The third kappa shape index (κ3) is 2.47. The lowest BCUT2D eigenvalue weighted by Gasteiger charge is -2.10. The smallest absolute Gasteiger partial charge is 0.130 e. The first kappa shape index (κ1) is 12.9. The molecule has 0 bridgehead atoms. The maximum atomic E-state index is 6.07. The minimum Gasteiger partial charge on any atom is -0.493 e. The van der Waals surface area contributed by atoms with Crippen LogP contribution >= 0.6 is 11.6 Å². The van der Waals surface area contributed by atoms with Crippen molar-refractivity contribution in [2.75, 3.05) is 6.61 Å². The minimum absolute atomic E-state index is 0.621. The molecule has 0 aliphatic carbocycles. The van der Waals surface area contributed by atoms with Gasteiger partial charge in [-0.3, -0.25) is 0 Å². The Morgan fingerprint density at radius 1 is 1.05 bits per heavy atom. The van der Waals surface area contributed by atoms with Gasteiger partial charge in [-0.1, -0.05) is 41.9 Å². The topological polar surface area (TPSA) is 22.1 Å². The molecule has 0 aliphatic rings. The molecule has 0 unspecified atom stereocenters. The zero-order valence-corrected chi connectivity index (χ0v) is 11.9. The van der Waals surface area contributed by atoms with E-state index >= 15 is 0 Å². The number of aromatic nitrogens is 1. The predicted octanol–water partition coefficient (Wildman–Crippen LogP) is 4.95. The molecule has 0 N–H and O–H groups in total. The van der Waals surface area contributed by atoms with E-state index in [1.54, 1.807) is 0 Å². The summed E-state index contributed by atoms with van der Waals surface area (Å²) in [6, 6.07) is 17.7. The van der Waals surface area contributed by atoms with E-state index in [-0.39, 0.29) is 0 Å². The molecule has 0 amide bonds. The summed E-state index contributed by atoms with van der Waals surface area (Å²) in [6.45, 7) is 2.60. The van der Waals surface area contributed by atoms with E-state index in [0.717, 1.165) is 27.9 Å². The molecule has 0 saturated heterocycles. The van der Waals surface area contributed by atoms with Gasteiger partial charge >= 0.3 is 0 Å². The van der Waals surface area contributed by atoms with Crippen molar-refractivity contribution < 1.29 is 4.74 Å². The molecule has 1 aromatic heterocycles. The van der Waals surface area contributed by atoms with E-state index in [1.807, 2.05) is 61.5 Å². The zero-order valence-electron chi connectivity index (χ0n) is 11.1. The number of halogens is 1. The van der Waals surface area contributed by atoms with Gasteiger partial charge in [-0.15, -0.1) is 0 Å². The summed E-state index contributed by atoms with van der Waals surface area (Å²) >= 11 is 6.07. The Morgan fingerprint density at radius 2 is 1.85 bits per heavy atom. The summed E-state index contributed by atoms with van der Waals surface area (Å²) in [5.41, 5.74) is 2.81. The van der Waals surface area contributed by atoms with Crippen molar-refractivity contribution in [3.05, 3.63) is 59.6 Å². The lowest BCUT2D eigenvalue weighted by atomic mass is 10.1. The van der Waals surface area contributed by atoms with Crippen molar-refractivity contribution in [2.24, 2.45) is 0 Å². The third-order valence-electron chi connectivity index (χ3n) is 3.10. The fourth-order valence-electron chi connectivity index (χ4n) is 2.20. The predicted molar refractivity (Wildman–Crippen MR) is 83.4 cm³/mol. The van der Waals surface area contributed by atoms with Gasteiger partial charge < -0.3 is 4.74 Å². The highest BCUT2D eigenvalue weighted by Crippen LogP contribution is 2.31. The molecule has 0 aliphatic heterocycles. The Hall–Kier alpha value is -2.06. The number of rotatable bonds is 3. The van der Waals surface area contributed by atoms with Gasteiger partial charge in [0.2, 0.25) is 0 Å². The van der Waals surface area contributed by atoms with Crippen molar-refractivity contribution >= 4 is 22.5 Å². The van der Waals surface area contributed by atoms with Gasteiger partial charge in [0, 0.05) is 22.0 Å². The summed E-state index contributed by atoms with van der Waals surface area (Å²) in [4.78, 5) is 4.68. The lowest BCUT2D eigenvalue weighted by Crippen LogP contribution is -1.95. The van der Waals surface area contributed by atoms with Gasteiger partial charge in [0.05, 0.1) is 17.8 Å². The van der Waals surface area contributed by atoms with Crippen LogP contribution in [0.3, 0.4) is 0 Å². The van der Waals surface area contributed by atoms with Crippen molar-refractivity contribution in [1.29, 1.82) is 0 Å². The van der Waals surface area contributed by atoms with Crippen LogP contribution in [0.1, 0.15) is 6.92 Å². The first-order chi connectivity index (χ1) is 9.78. The van der Waals surface area contributed by atoms with Gasteiger partial charge in [-0.2, -0.15) is 0 Å². The normalized spacial score (nSPS) is 10.7. The second-order valence-corrected chi connectivity index (χ2v) is 4.90. The first-order valence-corrected chi connectivity index (χ1v) is 6.94. The molecule has 0 radical (unpaired) electrons. The van der Waals surface area contributed by atoms with Crippen LogP contribution in [0.4, 0.5) is 0 Å². The van der Waals surface area contributed by atoms with Gasteiger partial charge in [0.15, 0.2) is 0 Å². The van der Waals surface area contributed by atoms with Crippen molar-refractivity contribution in [3.63, 3.8) is 0 Å². The lowest BCUT2D eigenvalue weighted by molar-refractivity contribution is 0.344. The minimum atomic E-state index is 0.621. The van der Waals surface area contributed by atoms with Crippen LogP contribution in [-0.4, -0.2) is 11.6 Å². The molecule has 2 aromatic carbocycles. The zero-order chi connectivity index (χ0) is 13.9. The fraction of sp³-hybridized carbons (Fsp3) is 0.118. The molecule has 0 spiro atoms. The number of pyridine rings is 1. The molecule has 20 heavy (non-hydrogen) atoms. The van der Waals surface area contributed by atoms with E-state index in [2.05, 4.69) is 4.98 Å². The number of hydrogen-bond donors (Lipinski definition) is 0. The Morgan fingerprint density at radius 3 is 2.60 bits per heavy atom. The number of fused-ring (bicyclic) bond motifs is 1. The molecule has 3 rings (SSSR count). The molecule has 0 atom stereocenters. The number of ether oxygens (including phenoxy) is 1. The molecule has 0 saturated carbocycles. The van der Waals surface area contributed by atoms with E-state index in [4.69, 9.17) is 16.3 Å². The highest BCUT2D eigenvalue weighted by atomic mass is 35.5. The van der Waals surface area contributed by atoms with Crippen LogP contribution in [0.25, 0.3) is 22.2 Å². The van der Waals surface area contributed by atoms with Gasteiger partial charge in [0.1, 0.15) is 5.75 Å². The second-order valence-electron chi connectivity index (χ2n) is 4.47. The average molecular weight is 284 g/mol. The average Bonchev–Trinajstić information content (AvgIpc) is 2.48. The molecule has 1 heterocycles. The molecule has 100 valence electrons. The van der Waals surface area contributed by atoms with Crippen LogP contribution in [0.2, 0.25) is 5.02 Å². The van der Waals surface area contributed by atoms with Crippen LogP contribution in [0.15, 0.2) is 54.6 Å². The molecular weight excluding hydrogens is 270 g/mol. The summed E-state index contributed by atoms with van der Waals surface area (Å²) in [7, 11) is 0. The summed E-state index contributed by atoms with van der Waals surface area (Å²) in [5, 5.41) is 1.66.